The average molecular weight is 131 g/mol. The number of hydrogen-bond donors (Lipinski definition) is 1. The zero-order valence-corrected chi connectivity index (χ0v) is 6.05. The normalized spacial score (nSPS) is 11.6. The summed E-state index contributed by atoms with van der Waals surface area (Å²) < 4.78 is 9.23. The average Bonchev–Trinajstić information content (AvgIpc) is 1.63. The Labute approximate surface area is 56.3 Å². The van der Waals surface area contributed by atoms with Crippen molar-refractivity contribution in [2.75, 3.05) is 13.7 Å². The van der Waals surface area contributed by atoms with Crippen LogP contribution in [0.4, 0.5) is 0 Å². The minimum atomic E-state index is -0.783. The second-order valence-corrected chi connectivity index (χ2v) is 2.46. The van der Waals surface area contributed by atoms with E-state index < -0.39 is 5.60 Å². The van der Waals surface area contributed by atoms with Gasteiger partial charge in [-0.05, 0) is 13.8 Å². The molecule has 0 aromatic carbocycles. The van der Waals surface area contributed by atoms with Gasteiger partial charge in [-0.3, -0.25) is 0 Å². The summed E-state index contributed by atoms with van der Waals surface area (Å²) in [5.74, 6) is 0. The summed E-state index contributed by atoms with van der Waals surface area (Å²) in [5, 5.41) is 9.04. The van der Waals surface area contributed by atoms with E-state index in [4.69, 9.17) is 9.76 Å². The summed E-state index contributed by atoms with van der Waals surface area (Å²) in [6.07, 6.45) is 0. The Kier molecular flexibility index (Phi) is 3.85. The van der Waals surface area contributed by atoms with E-state index >= 15 is 0 Å². The van der Waals surface area contributed by atoms with Gasteiger partial charge in [-0.1, -0.05) is 0 Å². The summed E-state index contributed by atoms with van der Waals surface area (Å²) in [6.45, 7) is 3.58. The summed E-state index contributed by atoms with van der Waals surface area (Å²) >= 11 is 0. The standard InChI is InChI=1S/C5H12BO3/c1-5(2,7)4-9-6-8-3/h7H,4H2,1-3H3. The molecule has 0 saturated carbocycles. The fourth-order valence-corrected chi connectivity index (χ4v) is 0.306. The van der Waals surface area contributed by atoms with Crippen molar-refractivity contribution in [1.29, 1.82) is 0 Å². The summed E-state index contributed by atoms with van der Waals surface area (Å²) in [6, 6.07) is 0. The minimum absolute atomic E-state index is 0.251. The smallest absolute Gasteiger partial charge is 0.416 e. The van der Waals surface area contributed by atoms with Crippen LogP contribution in [0.15, 0.2) is 0 Å². The molecule has 0 spiro atoms. The number of aliphatic hydroxyl groups is 1. The Morgan fingerprint density at radius 3 is 2.44 bits per heavy atom. The van der Waals surface area contributed by atoms with Crippen LogP contribution in [0.5, 0.6) is 0 Å². The van der Waals surface area contributed by atoms with Gasteiger partial charge in [-0.2, -0.15) is 0 Å². The van der Waals surface area contributed by atoms with Crippen molar-refractivity contribution in [1.82, 2.24) is 0 Å². The molecule has 1 radical (unpaired) electrons. The van der Waals surface area contributed by atoms with Gasteiger partial charge in [0.1, 0.15) is 0 Å². The molecule has 4 heteroatoms. The van der Waals surface area contributed by atoms with Crippen molar-refractivity contribution in [2.24, 2.45) is 0 Å². The highest BCUT2D eigenvalue weighted by Crippen LogP contribution is 1.99. The molecule has 0 unspecified atom stereocenters. The van der Waals surface area contributed by atoms with Gasteiger partial charge in [0.2, 0.25) is 0 Å². The van der Waals surface area contributed by atoms with Crippen LogP contribution >= 0.6 is 0 Å². The molecule has 0 aliphatic carbocycles. The molecule has 0 atom stereocenters. The minimum Gasteiger partial charge on any atom is -0.416 e. The maximum absolute atomic E-state index is 9.04. The van der Waals surface area contributed by atoms with Gasteiger partial charge in [-0.25, -0.2) is 0 Å². The molecular weight excluding hydrogens is 119 g/mol. The van der Waals surface area contributed by atoms with Crippen LogP contribution in [-0.4, -0.2) is 32.1 Å². The second-order valence-electron chi connectivity index (χ2n) is 2.46. The Bertz CT molecular complexity index is 69.1. The summed E-state index contributed by atoms with van der Waals surface area (Å²) in [5.41, 5.74) is -0.783. The van der Waals surface area contributed by atoms with E-state index in [0.29, 0.717) is 0 Å². The molecule has 0 aliphatic rings. The molecule has 0 amide bonds. The monoisotopic (exact) mass is 131 g/mol. The SMILES string of the molecule is CO[B]OCC(C)(C)O. The van der Waals surface area contributed by atoms with Gasteiger partial charge in [0.15, 0.2) is 0 Å². The van der Waals surface area contributed by atoms with Crippen LogP contribution in [0.25, 0.3) is 0 Å². The largest absolute Gasteiger partial charge is 0.487 e. The molecule has 53 valence electrons. The van der Waals surface area contributed by atoms with Crippen LogP contribution in [-0.2, 0) is 9.31 Å². The van der Waals surface area contributed by atoms with Gasteiger partial charge in [0.05, 0.1) is 12.2 Å². The molecule has 0 rings (SSSR count). The van der Waals surface area contributed by atoms with E-state index in [2.05, 4.69) is 4.65 Å². The lowest BCUT2D eigenvalue weighted by atomic mass is 10.1. The van der Waals surface area contributed by atoms with Crippen LogP contribution in [0, 0.1) is 0 Å². The highest BCUT2D eigenvalue weighted by molar-refractivity contribution is 6.17. The lowest BCUT2D eigenvalue weighted by Gasteiger charge is -2.15. The van der Waals surface area contributed by atoms with Crippen molar-refractivity contribution in [3.05, 3.63) is 0 Å². The van der Waals surface area contributed by atoms with Crippen molar-refractivity contribution in [3.8, 4) is 0 Å². The first-order valence-corrected chi connectivity index (χ1v) is 2.75. The zero-order valence-electron chi connectivity index (χ0n) is 6.05. The molecule has 0 bridgehead atoms. The van der Waals surface area contributed by atoms with Crippen LogP contribution in [0.1, 0.15) is 13.8 Å². The Morgan fingerprint density at radius 2 is 2.11 bits per heavy atom. The van der Waals surface area contributed by atoms with E-state index in [1.807, 2.05) is 0 Å². The first-order valence-electron chi connectivity index (χ1n) is 2.75. The molecule has 0 aromatic rings. The van der Waals surface area contributed by atoms with Gasteiger partial charge >= 0.3 is 7.69 Å². The van der Waals surface area contributed by atoms with Crippen molar-refractivity contribution >= 4 is 7.69 Å². The maximum atomic E-state index is 9.04. The third-order valence-electron chi connectivity index (χ3n) is 0.601. The third kappa shape index (κ3) is 7.94. The second kappa shape index (κ2) is 3.87. The first-order chi connectivity index (χ1) is 4.06. The van der Waals surface area contributed by atoms with E-state index in [9.17, 15) is 0 Å². The summed E-state index contributed by atoms with van der Waals surface area (Å²) in [7, 11) is 2.68. The first kappa shape index (κ1) is 8.94. The highest BCUT2D eigenvalue weighted by Gasteiger charge is 2.11. The Hall–Kier alpha value is -0.0551. The van der Waals surface area contributed by atoms with Gasteiger partial charge in [-0.15, -0.1) is 0 Å². The Morgan fingerprint density at radius 1 is 1.56 bits per heavy atom. The topological polar surface area (TPSA) is 38.7 Å². The molecule has 0 saturated heterocycles. The fraction of sp³-hybridized carbons (Fsp3) is 1.00. The molecule has 0 aliphatic heterocycles. The highest BCUT2D eigenvalue weighted by atomic mass is 16.6. The molecule has 0 heterocycles. The lowest BCUT2D eigenvalue weighted by molar-refractivity contribution is 0.0231. The Balaban J connectivity index is 3.07. The maximum Gasteiger partial charge on any atom is 0.487 e. The summed E-state index contributed by atoms with van der Waals surface area (Å²) in [4.78, 5) is 0. The van der Waals surface area contributed by atoms with E-state index in [1.165, 1.54) is 14.8 Å². The van der Waals surface area contributed by atoms with Crippen molar-refractivity contribution in [2.45, 2.75) is 19.4 Å². The molecule has 3 nitrogen and oxygen atoms in total. The van der Waals surface area contributed by atoms with E-state index in [-0.39, 0.29) is 6.61 Å². The molecule has 0 fully saturated rings. The fourth-order valence-electron chi connectivity index (χ4n) is 0.306. The van der Waals surface area contributed by atoms with E-state index in [1.54, 1.807) is 13.8 Å². The number of hydrogen-bond acceptors (Lipinski definition) is 3. The van der Waals surface area contributed by atoms with Crippen LogP contribution in [0.3, 0.4) is 0 Å². The van der Waals surface area contributed by atoms with Crippen LogP contribution in [0.2, 0.25) is 0 Å². The lowest BCUT2D eigenvalue weighted by Crippen LogP contribution is -2.27. The third-order valence-corrected chi connectivity index (χ3v) is 0.601. The molecule has 0 aromatic heterocycles. The predicted octanol–water partition coefficient (Wildman–Crippen LogP) is -0.0455. The number of rotatable bonds is 4. The molecule has 1 N–H and O–H groups in total. The zero-order chi connectivity index (χ0) is 7.33. The van der Waals surface area contributed by atoms with Gasteiger partial charge in [0.25, 0.3) is 0 Å². The quantitative estimate of drug-likeness (QED) is 0.429. The predicted molar refractivity (Wildman–Crippen MR) is 35.0 cm³/mol. The van der Waals surface area contributed by atoms with Gasteiger partial charge in [0, 0.05) is 7.11 Å². The van der Waals surface area contributed by atoms with Crippen molar-refractivity contribution < 1.29 is 14.4 Å². The van der Waals surface area contributed by atoms with Crippen LogP contribution < -0.4 is 0 Å². The van der Waals surface area contributed by atoms with Gasteiger partial charge < -0.3 is 14.4 Å². The molecule has 9 heavy (non-hydrogen) atoms. The van der Waals surface area contributed by atoms with E-state index in [0.717, 1.165) is 0 Å². The van der Waals surface area contributed by atoms with Crippen molar-refractivity contribution in [3.63, 3.8) is 0 Å². The molecular formula is C5H12BO3.